The fourth-order valence-electron chi connectivity index (χ4n) is 2.22. The van der Waals surface area contributed by atoms with Crippen LogP contribution >= 0.6 is 0 Å². The molecule has 0 fully saturated rings. The molecule has 2 aromatic rings. The second kappa shape index (κ2) is 6.73. The van der Waals surface area contributed by atoms with Crippen molar-refractivity contribution in [3.8, 4) is 0 Å². The second-order valence-electron chi connectivity index (χ2n) is 5.00. The zero-order valence-corrected chi connectivity index (χ0v) is 12.7. The Bertz CT molecular complexity index is 750. The third kappa shape index (κ3) is 3.73. The van der Waals surface area contributed by atoms with E-state index in [4.69, 9.17) is 16.0 Å². The molecule has 0 unspecified atom stereocenters. The van der Waals surface area contributed by atoms with E-state index in [1.54, 1.807) is 6.07 Å². The van der Waals surface area contributed by atoms with E-state index in [2.05, 4.69) is 20.4 Å². The zero-order chi connectivity index (χ0) is 17.0. The van der Waals surface area contributed by atoms with Crippen molar-refractivity contribution in [1.29, 1.82) is 0 Å². The molecular weight excluding hydrogens is 298 g/mol. The van der Waals surface area contributed by atoms with Gasteiger partial charge in [-0.2, -0.15) is 0 Å². The van der Waals surface area contributed by atoms with Crippen LogP contribution in [0.15, 0.2) is 29.6 Å². The van der Waals surface area contributed by atoms with E-state index in [0.29, 0.717) is 17.9 Å². The molecule has 0 saturated heterocycles. The van der Waals surface area contributed by atoms with Crippen molar-refractivity contribution in [3.05, 3.63) is 52.5 Å². The molecule has 23 heavy (non-hydrogen) atoms. The summed E-state index contributed by atoms with van der Waals surface area (Å²) in [6.45, 7) is 4.30. The Hall–Kier alpha value is -3.16. The summed E-state index contributed by atoms with van der Waals surface area (Å²) in [6, 6.07) is 5.24. The molecule has 8 heteroatoms. The number of amidine groups is 1. The number of carboxylic acids is 1. The number of aromatic nitrogens is 2. The molecule has 2 rings (SSSR count). The summed E-state index contributed by atoms with van der Waals surface area (Å²) in [4.78, 5) is 18.4. The van der Waals surface area contributed by atoms with Gasteiger partial charge >= 0.3 is 5.97 Å². The molecule has 1 aromatic carbocycles. The maximum absolute atomic E-state index is 10.9. The molecule has 0 atom stereocenters. The average Bonchev–Trinajstić information content (AvgIpc) is 2.53. The molecule has 1 aromatic heterocycles. The number of benzene rings is 1. The lowest BCUT2D eigenvalue weighted by molar-refractivity contribution is 0.0683. The number of oxime groups is 1. The Labute approximate surface area is 132 Å². The average molecular weight is 315 g/mol. The highest BCUT2D eigenvalue weighted by Gasteiger charge is 2.10. The monoisotopic (exact) mass is 315 g/mol. The minimum absolute atomic E-state index is 0.0533. The van der Waals surface area contributed by atoms with Crippen molar-refractivity contribution >= 4 is 17.6 Å². The molecule has 120 valence electrons. The van der Waals surface area contributed by atoms with Crippen molar-refractivity contribution in [2.75, 3.05) is 5.32 Å². The van der Waals surface area contributed by atoms with E-state index in [1.807, 2.05) is 26.0 Å². The largest absolute Gasteiger partial charge is 0.475 e. The quantitative estimate of drug-likeness (QED) is 0.284. The fourth-order valence-corrected chi connectivity index (χ4v) is 2.22. The van der Waals surface area contributed by atoms with Gasteiger partial charge in [0.05, 0.1) is 0 Å². The highest BCUT2D eigenvalue weighted by atomic mass is 16.4. The van der Waals surface area contributed by atoms with Crippen LogP contribution in [0.25, 0.3) is 0 Å². The van der Waals surface area contributed by atoms with E-state index >= 15 is 0 Å². The number of aromatic carboxylic acids is 1. The van der Waals surface area contributed by atoms with Crippen LogP contribution in [0.5, 0.6) is 0 Å². The fraction of sp³-hybridized carbons (Fsp3) is 0.200. The first-order valence-electron chi connectivity index (χ1n) is 6.80. The van der Waals surface area contributed by atoms with Gasteiger partial charge in [0.2, 0.25) is 5.82 Å². The third-order valence-corrected chi connectivity index (χ3v) is 3.39. The van der Waals surface area contributed by atoms with Gasteiger partial charge in [-0.15, -0.1) is 0 Å². The number of hydrogen-bond donors (Lipinski definition) is 4. The molecule has 0 bridgehead atoms. The van der Waals surface area contributed by atoms with Gasteiger partial charge in [-0.3, -0.25) is 0 Å². The zero-order valence-electron chi connectivity index (χ0n) is 12.7. The molecule has 0 amide bonds. The molecule has 8 nitrogen and oxygen atoms in total. The van der Waals surface area contributed by atoms with E-state index in [9.17, 15) is 4.79 Å². The Morgan fingerprint density at radius 3 is 2.57 bits per heavy atom. The van der Waals surface area contributed by atoms with Crippen molar-refractivity contribution in [2.24, 2.45) is 10.9 Å². The van der Waals surface area contributed by atoms with Gasteiger partial charge in [0.1, 0.15) is 5.82 Å². The summed E-state index contributed by atoms with van der Waals surface area (Å²) >= 11 is 0. The van der Waals surface area contributed by atoms with Gasteiger partial charge < -0.3 is 21.4 Å². The molecular formula is C15H17N5O3. The maximum atomic E-state index is 10.9. The first-order chi connectivity index (χ1) is 10.9. The third-order valence-electron chi connectivity index (χ3n) is 3.39. The lowest BCUT2D eigenvalue weighted by Crippen LogP contribution is -2.15. The van der Waals surface area contributed by atoms with Crippen LogP contribution in [0.1, 0.15) is 32.9 Å². The molecule has 5 N–H and O–H groups in total. The molecule has 0 aliphatic carbocycles. The number of nitrogens with zero attached hydrogens (tertiary/aromatic N) is 3. The molecule has 0 radical (unpaired) electrons. The summed E-state index contributed by atoms with van der Waals surface area (Å²) < 4.78 is 0. The minimum atomic E-state index is -1.18. The van der Waals surface area contributed by atoms with Crippen molar-refractivity contribution in [2.45, 2.75) is 20.4 Å². The minimum Gasteiger partial charge on any atom is -0.475 e. The van der Waals surface area contributed by atoms with Crippen molar-refractivity contribution in [3.63, 3.8) is 0 Å². The first kappa shape index (κ1) is 16.2. The SMILES string of the molecule is Cc1cc(C(N)=NO)cc(C)c1CNc1ccnc(C(=O)O)n1. The van der Waals surface area contributed by atoms with Gasteiger partial charge in [0.25, 0.3) is 0 Å². The van der Waals surface area contributed by atoms with Gasteiger partial charge in [-0.1, -0.05) is 5.16 Å². The second-order valence-corrected chi connectivity index (χ2v) is 5.00. The molecule has 0 saturated carbocycles. The number of carbonyl (C=O) groups is 1. The number of carboxylic acid groups (broad SMARTS) is 1. The van der Waals surface area contributed by atoms with Crippen molar-refractivity contribution in [1.82, 2.24) is 9.97 Å². The standard InChI is InChI=1S/C15H17N5O3/c1-8-5-10(13(16)20-23)6-9(2)11(8)7-18-12-3-4-17-14(19-12)15(21)22/h3-6,23H,7H2,1-2H3,(H2,16,20)(H,21,22)(H,17,18,19). The lowest BCUT2D eigenvalue weighted by Gasteiger charge is -2.13. The Balaban J connectivity index is 2.21. The Morgan fingerprint density at radius 2 is 2.00 bits per heavy atom. The molecule has 1 heterocycles. The summed E-state index contributed by atoms with van der Waals surface area (Å²) in [5.74, 6) is -0.954. The smallest absolute Gasteiger partial charge is 0.374 e. The summed E-state index contributed by atoms with van der Waals surface area (Å²) in [7, 11) is 0. The number of nitrogens with two attached hydrogens (primary N) is 1. The highest BCUT2D eigenvalue weighted by molar-refractivity contribution is 5.97. The summed E-state index contributed by atoms with van der Waals surface area (Å²) in [6.07, 6.45) is 1.39. The van der Waals surface area contributed by atoms with E-state index < -0.39 is 5.97 Å². The van der Waals surface area contributed by atoms with Gasteiger partial charge in [0, 0.05) is 18.3 Å². The van der Waals surface area contributed by atoms with Crippen LogP contribution in [-0.4, -0.2) is 32.1 Å². The van der Waals surface area contributed by atoms with Gasteiger partial charge in [0.15, 0.2) is 5.84 Å². The van der Waals surface area contributed by atoms with Crippen LogP contribution in [0.4, 0.5) is 5.82 Å². The lowest BCUT2D eigenvalue weighted by atomic mass is 9.99. The van der Waals surface area contributed by atoms with E-state index in [0.717, 1.165) is 16.7 Å². The van der Waals surface area contributed by atoms with Gasteiger partial charge in [-0.25, -0.2) is 14.8 Å². The van der Waals surface area contributed by atoms with Crippen molar-refractivity contribution < 1.29 is 15.1 Å². The number of anilines is 1. The maximum Gasteiger partial charge on any atom is 0.374 e. The van der Waals surface area contributed by atoms with E-state index in [-0.39, 0.29) is 11.7 Å². The molecule has 0 aliphatic rings. The summed E-state index contributed by atoms with van der Waals surface area (Å²) in [5, 5.41) is 23.7. The molecule has 0 aliphatic heterocycles. The van der Waals surface area contributed by atoms with Crippen LogP contribution < -0.4 is 11.1 Å². The van der Waals surface area contributed by atoms with Crippen LogP contribution in [0.2, 0.25) is 0 Å². The number of nitrogens with one attached hydrogen (secondary N) is 1. The highest BCUT2D eigenvalue weighted by Crippen LogP contribution is 2.18. The predicted molar refractivity (Wildman–Crippen MR) is 84.7 cm³/mol. The Kier molecular flexibility index (Phi) is 4.75. The number of aryl methyl sites for hydroxylation is 2. The Morgan fingerprint density at radius 1 is 1.35 bits per heavy atom. The number of hydrogen-bond acceptors (Lipinski definition) is 6. The van der Waals surface area contributed by atoms with Crippen LogP contribution in [0, 0.1) is 13.8 Å². The first-order valence-corrected chi connectivity index (χ1v) is 6.80. The van der Waals surface area contributed by atoms with E-state index in [1.165, 1.54) is 6.20 Å². The normalized spacial score (nSPS) is 11.3. The molecule has 0 spiro atoms. The van der Waals surface area contributed by atoms with Gasteiger partial charge in [-0.05, 0) is 48.7 Å². The predicted octanol–water partition coefficient (Wildman–Crippen LogP) is 1.50. The number of rotatable bonds is 5. The van der Waals surface area contributed by atoms with Crippen LogP contribution in [0.3, 0.4) is 0 Å². The summed E-state index contributed by atoms with van der Waals surface area (Å²) in [5.41, 5.74) is 9.20. The topological polar surface area (TPSA) is 134 Å². The van der Waals surface area contributed by atoms with Crippen LogP contribution in [-0.2, 0) is 6.54 Å².